The number of hydrogen-bond donors (Lipinski definition) is 5. The van der Waals surface area contributed by atoms with Crippen LogP contribution in [0.3, 0.4) is 0 Å². The van der Waals surface area contributed by atoms with Gasteiger partial charge in [-0.25, -0.2) is 14.2 Å². The third kappa shape index (κ3) is 12.7. The number of hydrogen-bond acceptors (Lipinski definition) is 16. The highest BCUT2D eigenvalue weighted by atomic mass is 32.2. The number of phenolic OH excluding ortho intramolecular Hbond substituents is 1. The number of benzene rings is 3. The molecule has 0 bridgehead atoms. The number of H-pyrrole nitrogens is 1. The Morgan fingerprint density at radius 2 is 1.66 bits per heavy atom. The van der Waals surface area contributed by atoms with E-state index in [1.807, 2.05) is 0 Å². The van der Waals surface area contributed by atoms with Crippen LogP contribution in [0.5, 0.6) is 5.75 Å². The third-order valence-corrected chi connectivity index (χ3v) is 14.7. The fraction of sp³-hybridized carbons (Fsp3) is 0.438. The van der Waals surface area contributed by atoms with Crippen molar-refractivity contribution in [3.8, 4) is 28.2 Å². The number of aromatic nitrogens is 2. The van der Waals surface area contributed by atoms with E-state index in [1.54, 1.807) is 24.3 Å². The number of likely N-dealkylation sites (tertiary alicyclic amines) is 1. The Kier molecular flexibility index (Phi) is 17.3. The number of amides is 3. The molecule has 5 atom stereocenters. The lowest BCUT2D eigenvalue weighted by molar-refractivity contribution is -0.138. The molecule has 2 saturated heterocycles. The Morgan fingerprint density at radius 1 is 0.929 bits per heavy atom. The highest BCUT2D eigenvalue weighted by Crippen LogP contribution is 2.49. The summed E-state index contributed by atoms with van der Waals surface area (Å²) < 4.78 is 41.6. The molecule has 0 saturated carbocycles. The Balaban J connectivity index is 0.758. The van der Waals surface area contributed by atoms with Crippen molar-refractivity contribution in [1.82, 2.24) is 14.5 Å². The number of carboxylic acids is 1. The number of nitrogens with one attached hydrogen (secondary N) is 2. The summed E-state index contributed by atoms with van der Waals surface area (Å²) in [5, 5.41) is 33.5. The smallest absolute Gasteiger partial charge is 0.474 e. The number of carbonyl (C=O) groups is 4. The molecule has 70 heavy (non-hydrogen) atoms. The molecule has 3 amide bonds. The zero-order valence-corrected chi connectivity index (χ0v) is 40.3. The van der Waals surface area contributed by atoms with Crippen LogP contribution >= 0.6 is 19.6 Å². The molecule has 4 heterocycles. The van der Waals surface area contributed by atoms with Crippen LogP contribution in [0.2, 0.25) is 0 Å². The molecule has 2 fully saturated rings. The first kappa shape index (κ1) is 51.9. The number of carbonyl (C=O) groups excluding carboxylic acids is 3. The Bertz CT molecular complexity index is 2940. The summed E-state index contributed by atoms with van der Waals surface area (Å²) >= 11 is 1.20. The van der Waals surface area contributed by atoms with Gasteiger partial charge in [0.2, 0.25) is 17.7 Å². The van der Waals surface area contributed by atoms with Gasteiger partial charge in [-0.15, -0.1) is 11.8 Å². The Labute approximate surface area is 405 Å². The minimum absolute atomic E-state index is 0.0163. The molecular formula is C48H55N4O16PS. The first-order chi connectivity index (χ1) is 33.5. The van der Waals surface area contributed by atoms with Crippen molar-refractivity contribution in [3.05, 3.63) is 103 Å². The largest absolute Gasteiger partial charge is 0.508 e. The monoisotopic (exact) mass is 1010 g/mol. The van der Waals surface area contributed by atoms with Crippen LogP contribution in [-0.2, 0) is 37.3 Å². The fourth-order valence-corrected chi connectivity index (χ4v) is 10.6. The van der Waals surface area contributed by atoms with E-state index >= 15 is 0 Å². The van der Waals surface area contributed by atoms with Gasteiger partial charge in [-0.3, -0.25) is 52.0 Å². The normalized spacial score (nSPS) is 19.0. The number of nitrogens with zero attached hydrogens (tertiary/aromatic N) is 2. The van der Waals surface area contributed by atoms with Crippen molar-refractivity contribution in [2.24, 2.45) is 0 Å². The molecule has 7 rings (SSSR count). The molecule has 20 nitrogen and oxygen atoms in total. The van der Waals surface area contributed by atoms with Gasteiger partial charge in [-0.2, -0.15) is 0 Å². The van der Waals surface area contributed by atoms with Crippen LogP contribution in [0.25, 0.3) is 33.4 Å². The zero-order chi connectivity index (χ0) is 50.1. The number of aryl methyl sites for hydroxylation is 1. The van der Waals surface area contributed by atoms with E-state index < -0.39 is 48.7 Å². The molecule has 2 unspecified atom stereocenters. The molecule has 1 aromatic heterocycles. The number of rotatable bonds is 24. The van der Waals surface area contributed by atoms with Gasteiger partial charge in [0.1, 0.15) is 29.4 Å². The Hall–Kier alpha value is -5.93. The van der Waals surface area contributed by atoms with Gasteiger partial charge >= 0.3 is 19.5 Å². The second-order valence-corrected chi connectivity index (χ2v) is 20.2. The van der Waals surface area contributed by atoms with Crippen LogP contribution in [0.1, 0.15) is 92.8 Å². The van der Waals surface area contributed by atoms with E-state index in [0.717, 1.165) is 50.2 Å². The van der Waals surface area contributed by atoms with Gasteiger partial charge in [0.05, 0.1) is 30.1 Å². The van der Waals surface area contributed by atoms with Crippen molar-refractivity contribution in [2.45, 2.75) is 101 Å². The standard InChI is InChI=1S/C48H55N4O16PS/c1-28-26-52(48(62)50-45(28)58)43-24-36(55)39(68-43)27-66-69(63,64-2)65-19-20-70-40-25-42(57)51(46(40)59)18-10-8-6-4-3-5-7-9-11-41(56)49-29-12-15-32(35(21-29)47(60)61)44-33-16-13-30(53)22-37(33)67-38-23-31(54)14-17-34(38)44/h12-17,21-23,26,36,39-40,43,53,55H,3-11,18-20,24-25,27H2,1-2H3,(H,49,56)(H,60,61)(H,50,58,62)/t36-,39-,40?,43-,69?/m1/s1. The molecule has 3 aliphatic heterocycles. The molecule has 22 heteroatoms. The highest BCUT2D eigenvalue weighted by Gasteiger charge is 2.40. The maximum Gasteiger partial charge on any atom is 0.474 e. The molecular weight excluding hydrogens is 952 g/mol. The number of thioether (sulfide) groups is 1. The first-order valence-electron chi connectivity index (χ1n) is 23.0. The summed E-state index contributed by atoms with van der Waals surface area (Å²) in [4.78, 5) is 90.7. The van der Waals surface area contributed by atoms with Crippen molar-refractivity contribution < 1.29 is 61.8 Å². The zero-order valence-electron chi connectivity index (χ0n) is 38.6. The highest BCUT2D eigenvalue weighted by molar-refractivity contribution is 8.00. The molecule has 374 valence electrons. The summed E-state index contributed by atoms with van der Waals surface area (Å²) in [7, 11) is -2.96. The number of fused-ring (bicyclic) bond motifs is 2. The predicted octanol–water partition coefficient (Wildman–Crippen LogP) is 6.57. The topological polar surface area (TPSA) is 283 Å². The maximum atomic E-state index is 13.1. The average molecular weight is 1010 g/mol. The van der Waals surface area contributed by atoms with Gasteiger partial charge in [0, 0.05) is 84.8 Å². The number of carboxylic acid groups (broad SMARTS) is 1. The van der Waals surface area contributed by atoms with Crippen molar-refractivity contribution in [3.63, 3.8) is 0 Å². The third-order valence-electron chi connectivity index (χ3n) is 12.2. The minimum atomic E-state index is -4.10. The SMILES string of the molecule is COP(=O)(OCCSC1CC(=O)N(CCCCCCCCCCC(=O)Nc2ccc(-c3c4ccc(=O)cc-4oc4cc(O)ccc34)c(C(=O)O)c2)C1=O)OC[C@H]1O[C@@H](n2cc(C)c(=O)[nH]c2=O)C[C@H]1O. The minimum Gasteiger partial charge on any atom is -0.508 e. The number of phenols is 1. The number of aromatic carboxylic acids is 1. The quantitative estimate of drug-likeness (QED) is 0.0189. The van der Waals surface area contributed by atoms with Crippen LogP contribution in [0.4, 0.5) is 5.69 Å². The van der Waals surface area contributed by atoms with E-state index in [1.165, 1.54) is 60.1 Å². The molecule has 1 aliphatic carbocycles. The number of ether oxygens (including phenoxy) is 1. The van der Waals surface area contributed by atoms with E-state index in [9.17, 15) is 53.4 Å². The van der Waals surface area contributed by atoms with Crippen LogP contribution in [0, 0.1) is 6.92 Å². The molecule has 5 N–H and O–H groups in total. The molecule has 0 radical (unpaired) electrons. The van der Waals surface area contributed by atoms with E-state index in [4.69, 9.17) is 22.7 Å². The number of aromatic hydroxyl groups is 1. The van der Waals surface area contributed by atoms with Crippen molar-refractivity contribution in [1.29, 1.82) is 0 Å². The number of phosphoric ester groups is 1. The van der Waals surface area contributed by atoms with Crippen LogP contribution in [-0.4, -0.2) is 104 Å². The van der Waals surface area contributed by atoms with Gasteiger partial charge < -0.3 is 29.8 Å². The number of aromatic amines is 1. The number of aliphatic hydroxyl groups excluding tert-OH is 1. The summed E-state index contributed by atoms with van der Waals surface area (Å²) in [5.41, 5.74) is 0.655. The van der Waals surface area contributed by atoms with E-state index in [0.29, 0.717) is 47.2 Å². The number of anilines is 1. The average Bonchev–Trinajstić information content (AvgIpc) is 3.83. The molecule has 0 spiro atoms. The molecule has 3 aromatic rings. The summed E-state index contributed by atoms with van der Waals surface area (Å²) in [5.74, 6) is -1.60. The first-order valence-corrected chi connectivity index (χ1v) is 25.5. The second-order valence-electron chi connectivity index (χ2n) is 17.1. The molecule has 4 aliphatic rings. The van der Waals surface area contributed by atoms with Gasteiger partial charge in [-0.05, 0) is 61.7 Å². The lowest BCUT2D eigenvalue weighted by Crippen LogP contribution is -2.33. The van der Waals surface area contributed by atoms with E-state index in [-0.39, 0.29) is 89.6 Å². The lowest BCUT2D eigenvalue weighted by Gasteiger charge is -2.20. The summed E-state index contributed by atoms with van der Waals surface area (Å²) in [6.45, 7) is 1.34. The second kappa shape index (κ2) is 23.3. The van der Waals surface area contributed by atoms with Crippen molar-refractivity contribution >= 4 is 59.9 Å². The van der Waals surface area contributed by atoms with Gasteiger partial charge in [0.25, 0.3) is 5.56 Å². The Morgan fingerprint density at radius 3 is 2.40 bits per heavy atom. The molecule has 2 aromatic carbocycles. The number of unbranched alkanes of at least 4 members (excludes halogenated alkanes) is 7. The number of phosphoric acid groups is 1. The lowest BCUT2D eigenvalue weighted by atomic mass is 9.90. The summed E-state index contributed by atoms with van der Waals surface area (Å²) in [6, 6.07) is 13.4. The summed E-state index contributed by atoms with van der Waals surface area (Å²) in [6.07, 6.45) is 5.42. The number of imide groups is 1. The predicted molar refractivity (Wildman–Crippen MR) is 258 cm³/mol. The van der Waals surface area contributed by atoms with Crippen LogP contribution in [0.15, 0.2) is 79.6 Å². The van der Waals surface area contributed by atoms with Gasteiger partial charge in [0.15, 0.2) is 5.43 Å². The van der Waals surface area contributed by atoms with Crippen LogP contribution < -0.4 is 22.0 Å². The van der Waals surface area contributed by atoms with E-state index in [2.05, 4.69) is 10.3 Å². The van der Waals surface area contributed by atoms with Gasteiger partial charge in [-0.1, -0.05) is 44.6 Å². The fourth-order valence-electron chi connectivity index (χ4n) is 8.51. The van der Waals surface area contributed by atoms with Crippen molar-refractivity contribution in [2.75, 3.05) is 37.9 Å². The maximum absolute atomic E-state index is 13.1. The number of aliphatic hydroxyl groups is 1.